The van der Waals surface area contributed by atoms with Crippen LogP contribution < -0.4 is 0 Å². The smallest absolute Gasteiger partial charge is 0.179 e. The molecule has 2 heterocycles. The first kappa shape index (κ1) is 15.9. The van der Waals surface area contributed by atoms with Gasteiger partial charge in [-0.15, -0.1) is 0 Å². The first-order chi connectivity index (χ1) is 12.0. The van der Waals surface area contributed by atoms with Crippen LogP contribution in [0.15, 0.2) is 48.5 Å². The molecule has 0 aliphatic heterocycles. The van der Waals surface area contributed by atoms with Gasteiger partial charge in [0.25, 0.3) is 0 Å². The van der Waals surface area contributed by atoms with Gasteiger partial charge in [0.2, 0.25) is 0 Å². The second-order valence-electron chi connectivity index (χ2n) is 7.49. The summed E-state index contributed by atoms with van der Waals surface area (Å²) < 4.78 is 0. The number of hydrogen-bond donors (Lipinski definition) is 0. The van der Waals surface area contributed by atoms with Crippen LogP contribution in [-0.4, -0.2) is 15.0 Å². The molecule has 0 unspecified atom stereocenters. The van der Waals surface area contributed by atoms with Crippen LogP contribution in [0.3, 0.4) is 0 Å². The van der Waals surface area contributed by atoms with Crippen LogP contribution in [-0.2, 0) is 11.8 Å². The van der Waals surface area contributed by atoms with E-state index < -0.39 is 0 Å². The largest absolute Gasteiger partial charge is 0.250 e. The second kappa shape index (κ2) is 6.07. The molecule has 3 aromatic rings. The van der Waals surface area contributed by atoms with E-state index in [1.165, 1.54) is 17.7 Å². The van der Waals surface area contributed by atoms with E-state index in [-0.39, 0.29) is 5.41 Å². The maximum atomic E-state index is 4.99. The summed E-state index contributed by atoms with van der Waals surface area (Å²) in [5.74, 6) is 0.733. The summed E-state index contributed by atoms with van der Waals surface area (Å²) in [6.45, 7) is 6.59. The lowest BCUT2D eigenvalue weighted by molar-refractivity contribution is 0.418. The van der Waals surface area contributed by atoms with E-state index in [0.717, 1.165) is 41.3 Å². The Morgan fingerprint density at radius 3 is 2.44 bits per heavy atom. The highest BCUT2D eigenvalue weighted by atomic mass is 14.9. The lowest BCUT2D eigenvalue weighted by Gasteiger charge is -2.32. The molecule has 25 heavy (non-hydrogen) atoms. The molecule has 2 aromatic heterocycles. The van der Waals surface area contributed by atoms with Gasteiger partial charge in [0, 0.05) is 22.2 Å². The fourth-order valence-corrected chi connectivity index (χ4v) is 3.72. The number of benzene rings is 1. The van der Waals surface area contributed by atoms with Gasteiger partial charge in [-0.2, -0.15) is 0 Å². The van der Waals surface area contributed by atoms with Crippen LogP contribution in [0.1, 0.15) is 43.6 Å². The molecule has 0 bridgehead atoms. The number of aromatic nitrogens is 3. The molecule has 0 saturated heterocycles. The number of aryl methyl sites for hydroxylation is 1. The highest BCUT2D eigenvalue weighted by Gasteiger charge is 2.32. The Hall–Kier alpha value is -2.55. The van der Waals surface area contributed by atoms with Crippen molar-refractivity contribution in [3.63, 3.8) is 0 Å². The molecule has 4 rings (SSSR count). The Kier molecular flexibility index (Phi) is 3.87. The number of rotatable bonds is 2. The number of fused-ring (bicyclic) bond motifs is 1. The van der Waals surface area contributed by atoms with Crippen molar-refractivity contribution in [3.05, 3.63) is 65.5 Å². The summed E-state index contributed by atoms with van der Waals surface area (Å²) in [6, 6.07) is 16.5. The summed E-state index contributed by atoms with van der Waals surface area (Å²) >= 11 is 0. The molecule has 0 atom stereocenters. The fourth-order valence-electron chi connectivity index (χ4n) is 3.72. The number of hydrogen-bond acceptors (Lipinski definition) is 3. The minimum atomic E-state index is 0.0681. The van der Waals surface area contributed by atoms with Gasteiger partial charge >= 0.3 is 0 Å². The number of pyridine rings is 1. The SMILES string of the molecule is Cc1cccc(-c2nc(-c3ccccc3)c3c(n2)C(C)(C)CCC3)n1. The van der Waals surface area contributed by atoms with E-state index in [4.69, 9.17) is 9.97 Å². The van der Waals surface area contributed by atoms with Crippen LogP contribution in [0.25, 0.3) is 22.8 Å². The summed E-state index contributed by atoms with van der Waals surface area (Å²) in [7, 11) is 0. The minimum absolute atomic E-state index is 0.0681. The fraction of sp³-hybridized carbons (Fsp3) is 0.318. The Labute approximate surface area is 149 Å². The molecular formula is C22H23N3. The molecule has 0 spiro atoms. The highest BCUT2D eigenvalue weighted by molar-refractivity contribution is 5.68. The van der Waals surface area contributed by atoms with Crippen molar-refractivity contribution < 1.29 is 0 Å². The zero-order valence-electron chi connectivity index (χ0n) is 15.1. The van der Waals surface area contributed by atoms with Gasteiger partial charge in [-0.25, -0.2) is 15.0 Å². The zero-order chi connectivity index (χ0) is 17.4. The van der Waals surface area contributed by atoms with Gasteiger partial charge in [0.15, 0.2) is 5.82 Å². The van der Waals surface area contributed by atoms with Crippen LogP contribution in [0.5, 0.6) is 0 Å². The molecule has 0 saturated carbocycles. The van der Waals surface area contributed by atoms with Gasteiger partial charge in [0.05, 0.1) is 11.4 Å². The van der Waals surface area contributed by atoms with E-state index >= 15 is 0 Å². The predicted octanol–water partition coefficient (Wildman–Crippen LogP) is 5.13. The summed E-state index contributed by atoms with van der Waals surface area (Å²) in [4.78, 5) is 14.6. The highest BCUT2D eigenvalue weighted by Crippen LogP contribution is 2.40. The van der Waals surface area contributed by atoms with Crippen molar-refractivity contribution in [1.29, 1.82) is 0 Å². The topological polar surface area (TPSA) is 38.7 Å². The summed E-state index contributed by atoms with van der Waals surface area (Å²) in [5.41, 5.74) is 6.62. The molecule has 0 radical (unpaired) electrons. The Bertz CT molecular complexity index is 914. The molecule has 126 valence electrons. The van der Waals surface area contributed by atoms with E-state index in [1.807, 2.05) is 31.2 Å². The Morgan fingerprint density at radius 1 is 0.880 bits per heavy atom. The van der Waals surface area contributed by atoms with E-state index in [0.29, 0.717) is 0 Å². The van der Waals surface area contributed by atoms with Crippen molar-refractivity contribution >= 4 is 0 Å². The quantitative estimate of drug-likeness (QED) is 0.654. The average Bonchev–Trinajstić information content (AvgIpc) is 2.62. The van der Waals surface area contributed by atoms with Gasteiger partial charge < -0.3 is 0 Å². The zero-order valence-corrected chi connectivity index (χ0v) is 15.1. The Morgan fingerprint density at radius 2 is 1.68 bits per heavy atom. The van der Waals surface area contributed by atoms with Crippen molar-refractivity contribution in [2.45, 2.75) is 45.4 Å². The van der Waals surface area contributed by atoms with Gasteiger partial charge in [-0.1, -0.05) is 50.2 Å². The summed E-state index contributed by atoms with van der Waals surface area (Å²) in [5, 5.41) is 0. The standard InChI is InChI=1S/C22H23N3/c1-15-9-7-13-18(23-15)21-24-19(16-10-5-4-6-11-16)17-12-8-14-22(2,3)20(17)25-21/h4-7,9-11,13H,8,12,14H2,1-3H3. The van der Waals surface area contributed by atoms with Gasteiger partial charge in [-0.3, -0.25) is 0 Å². The van der Waals surface area contributed by atoms with E-state index in [9.17, 15) is 0 Å². The van der Waals surface area contributed by atoms with E-state index in [1.54, 1.807) is 0 Å². The first-order valence-electron chi connectivity index (χ1n) is 8.95. The third-order valence-corrected chi connectivity index (χ3v) is 5.04. The Balaban J connectivity index is 1.99. The molecule has 0 N–H and O–H groups in total. The summed E-state index contributed by atoms with van der Waals surface area (Å²) in [6.07, 6.45) is 3.39. The monoisotopic (exact) mass is 329 g/mol. The normalized spacial score (nSPS) is 15.6. The van der Waals surface area contributed by atoms with Crippen molar-refractivity contribution in [2.24, 2.45) is 0 Å². The molecular weight excluding hydrogens is 306 g/mol. The predicted molar refractivity (Wildman–Crippen MR) is 101 cm³/mol. The first-order valence-corrected chi connectivity index (χ1v) is 8.95. The average molecular weight is 329 g/mol. The third kappa shape index (κ3) is 2.95. The van der Waals surface area contributed by atoms with Crippen molar-refractivity contribution in [1.82, 2.24) is 15.0 Å². The molecule has 1 aromatic carbocycles. The lowest BCUT2D eigenvalue weighted by Crippen LogP contribution is -2.27. The van der Waals surface area contributed by atoms with Crippen LogP contribution in [0.2, 0.25) is 0 Å². The third-order valence-electron chi connectivity index (χ3n) is 5.04. The lowest BCUT2D eigenvalue weighted by atomic mass is 9.75. The molecule has 1 aliphatic rings. The second-order valence-corrected chi connectivity index (χ2v) is 7.49. The van der Waals surface area contributed by atoms with Crippen molar-refractivity contribution in [2.75, 3.05) is 0 Å². The number of nitrogens with zero attached hydrogens (tertiary/aromatic N) is 3. The van der Waals surface area contributed by atoms with Crippen LogP contribution in [0.4, 0.5) is 0 Å². The molecule has 1 aliphatic carbocycles. The maximum absolute atomic E-state index is 4.99. The van der Waals surface area contributed by atoms with E-state index in [2.05, 4.69) is 43.1 Å². The molecule has 3 heteroatoms. The maximum Gasteiger partial charge on any atom is 0.179 e. The molecule has 3 nitrogen and oxygen atoms in total. The molecule has 0 fully saturated rings. The van der Waals surface area contributed by atoms with Gasteiger partial charge in [0.1, 0.15) is 5.69 Å². The van der Waals surface area contributed by atoms with Crippen molar-refractivity contribution in [3.8, 4) is 22.8 Å². The minimum Gasteiger partial charge on any atom is -0.250 e. The molecule has 0 amide bonds. The van der Waals surface area contributed by atoms with Crippen LogP contribution >= 0.6 is 0 Å². The van der Waals surface area contributed by atoms with Crippen LogP contribution in [0, 0.1) is 6.92 Å². The van der Waals surface area contributed by atoms with Gasteiger partial charge in [-0.05, 0) is 38.3 Å².